The fourth-order valence-corrected chi connectivity index (χ4v) is 2.27. The highest BCUT2D eigenvalue weighted by Crippen LogP contribution is 2.32. The number of benzene rings is 2. The molecule has 0 atom stereocenters. The summed E-state index contributed by atoms with van der Waals surface area (Å²) < 4.78 is 14.5. The molecule has 0 unspecified atom stereocenters. The minimum absolute atomic E-state index is 0.296. The van der Waals surface area contributed by atoms with Crippen LogP contribution in [-0.4, -0.2) is 0 Å². The van der Waals surface area contributed by atoms with E-state index in [1.807, 2.05) is 6.07 Å². The first kappa shape index (κ1) is 12.6. The number of halogens is 3. The lowest BCUT2D eigenvalue weighted by Crippen LogP contribution is -1.96. The maximum atomic E-state index is 13.7. The third-order valence-electron chi connectivity index (χ3n) is 2.49. The van der Waals surface area contributed by atoms with Crippen LogP contribution >= 0.6 is 27.5 Å². The van der Waals surface area contributed by atoms with Crippen molar-refractivity contribution in [3.05, 3.63) is 57.3 Å². The minimum atomic E-state index is -0.296. The number of hydrogen-bond acceptors (Lipinski definition) is 1. The Morgan fingerprint density at radius 3 is 2.53 bits per heavy atom. The molecule has 2 aromatic carbocycles. The van der Waals surface area contributed by atoms with E-state index in [-0.39, 0.29) is 5.82 Å². The molecule has 1 nitrogen and oxygen atoms in total. The van der Waals surface area contributed by atoms with Crippen molar-refractivity contribution in [2.45, 2.75) is 6.54 Å². The van der Waals surface area contributed by atoms with Gasteiger partial charge in [0, 0.05) is 27.2 Å². The van der Waals surface area contributed by atoms with Gasteiger partial charge in [-0.05, 0) is 29.8 Å². The monoisotopic (exact) mass is 313 g/mol. The van der Waals surface area contributed by atoms with Crippen molar-refractivity contribution >= 4 is 27.5 Å². The number of nitrogens with two attached hydrogens (primary N) is 1. The molecule has 0 aliphatic rings. The van der Waals surface area contributed by atoms with Crippen molar-refractivity contribution < 1.29 is 4.39 Å². The van der Waals surface area contributed by atoms with E-state index < -0.39 is 0 Å². The molecule has 2 rings (SSSR count). The van der Waals surface area contributed by atoms with E-state index in [4.69, 9.17) is 17.3 Å². The summed E-state index contributed by atoms with van der Waals surface area (Å²) in [7, 11) is 0. The number of rotatable bonds is 2. The third kappa shape index (κ3) is 2.68. The van der Waals surface area contributed by atoms with Gasteiger partial charge in [0.15, 0.2) is 0 Å². The van der Waals surface area contributed by atoms with Gasteiger partial charge in [-0.3, -0.25) is 0 Å². The molecule has 0 bridgehead atoms. The molecule has 2 aromatic rings. The zero-order valence-electron chi connectivity index (χ0n) is 8.88. The highest BCUT2D eigenvalue weighted by Gasteiger charge is 2.09. The molecule has 17 heavy (non-hydrogen) atoms. The maximum Gasteiger partial charge on any atom is 0.131 e. The van der Waals surface area contributed by atoms with Crippen LogP contribution in [0.4, 0.5) is 4.39 Å². The van der Waals surface area contributed by atoms with E-state index in [0.717, 1.165) is 10.0 Å². The smallest absolute Gasteiger partial charge is 0.131 e. The molecule has 0 aromatic heterocycles. The van der Waals surface area contributed by atoms with Crippen LogP contribution in [0.2, 0.25) is 5.02 Å². The Morgan fingerprint density at radius 2 is 1.88 bits per heavy atom. The Hall–Kier alpha value is -0.900. The Labute approximate surface area is 113 Å². The molecular weight excluding hydrogens is 305 g/mol. The van der Waals surface area contributed by atoms with Crippen LogP contribution in [0, 0.1) is 5.82 Å². The van der Waals surface area contributed by atoms with Crippen molar-refractivity contribution in [3.63, 3.8) is 0 Å². The summed E-state index contributed by atoms with van der Waals surface area (Å²) in [6.45, 7) is 0.418. The summed E-state index contributed by atoms with van der Waals surface area (Å²) >= 11 is 9.45. The molecular formula is C13H10BrClFN. The molecule has 0 aliphatic heterocycles. The van der Waals surface area contributed by atoms with E-state index in [9.17, 15) is 4.39 Å². The first-order valence-electron chi connectivity index (χ1n) is 5.05. The zero-order chi connectivity index (χ0) is 12.4. The van der Waals surface area contributed by atoms with Gasteiger partial charge in [0.25, 0.3) is 0 Å². The summed E-state index contributed by atoms with van der Waals surface area (Å²) in [4.78, 5) is 0. The largest absolute Gasteiger partial charge is 0.326 e. The topological polar surface area (TPSA) is 26.0 Å². The minimum Gasteiger partial charge on any atom is -0.326 e. The van der Waals surface area contributed by atoms with Gasteiger partial charge in [0.05, 0.1) is 0 Å². The standard InChI is InChI=1S/C13H10BrClFN/c14-9-2-4-13(16)11(6-9)10-3-1-8(7-17)5-12(10)15/h1-6H,7,17H2. The van der Waals surface area contributed by atoms with Gasteiger partial charge in [-0.25, -0.2) is 4.39 Å². The molecule has 0 amide bonds. The first-order chi connectivity index (χ1) is 8.11. The first-order valence-corrected chi connectivity index (χ1v) is 6.23. The molecule has 0 saturated heterocycles. The SMILES string of the molecule is NCc1ccc(-c2cc(Br)ccc2F)c(Cl)c1. The molecule has 0 saturated carbocycles. The van der Waals surface area contributed by atoms with Crippen LogP contribution in [0.3, 0.4) is 0 Å². The summed E-state index contributed by atoms with van der Waals surface area (Å²) in [5.74, 6) is -0.296. The second kappa shape index (κ2) is 5.17. The summed E-state index contributed by atoms with van der Waals surface area (Å²) in [6.07, 6.45) is 0. The second-order valence-electron chi connectivity index (χ2n) is 3.64. The quantitative estimate of drug-likeness (QED) is 0.875. The van der Waals surface area contributed by atoms with Gasteiger partial charge in [0.2, 0.25) is 0 Å². The van der Waals surface area contributed by atoms with Crippen LogP contribution < -0.4 is 5.73 Å². The highest BCUT2D eigenvalue weighted by atomic mass is 79.9. The van der Waals surface area contributed by atoms with E-state index in [0.29, 0.717) is 22.7 Å². The Balaban J connectivity index is 2.56. The highest BCUT2D eigenvalue weighted by molar-refractivity contribution is 9.10. The van der Waals surface area contributed by atoms with E-state index >= 15 is 0 Å². The predicted octanol–water partition coefficient (Wildman–Crippen LogP) is 4.37. The third-order valence-corrected chi connectivity index (χ3v) is 3.29. The van der Waals surface area contributed by atoms with Gasteiger partial charge in [-0.2, -0.15) is 0 Å². The Bertz CT molecular complexity index is 557. The van der Waals surface area contributed by atoms with Gasteiger partial charge in [0.1, 0.15) is 5.82 Å². The molecule has 2 N–H and O–H groups in total. The average molecular weight is 315 g/mol. The molecule has 0 radical (unpaired) electrons. The predicted molar refractivity (Wildman–Crippen MR) is 72.4 cm³/mol. The molecule has 0 fully saturated rings. The molecule has 0 spiro atoms. The van der Waals surface area contributed by atoms with E-state index in [1.165, 1.54) is 6.07 Å². The van der Waals surface area contributed by atoms with Crippen molar-refractivity contribution in [1.82, 2.24) is 0 Å². The normalized spacial score (nSPS) is 10.6. The zero-order valence-corrected chi connectivity index (χ0v) is 11.2. The average Bonchev–Trinajstić information content (AvgIpc) is 2.32. The Kier molecular flexibility index (Phi) is 3.82. The van der Waals surface area contributed by atoms with Gasteiger partial charge >= 0.3 is 0 Å². The van der Waals surface area contributed by atoms with Crippen LogP contribution in [0.1, 0.15) is 5.56 Å². The fraction of sp³-hybridized carbons (Fsp3) is 0.0769. The molecule has 0 heterocycles. The van der Waals surface area contributed by atoms with Gasteiger partial charge in [-0.15, -0.1) is 0 Å². The van der Waals surface area contributed by atoms with Crippen LogP contribution in [0.5, 0.6) is 0 Å². The summed E-state index contributed by atoms with van der Waals surface area (Å²) in [5, 5.41) is 0.505. The van der Waals surface area contributed by atoms with E-state index in [2.05, 4.69) is 15.9 Å². The lowest BCUT2D eigenvalue weighted by Gasteiger charge is -2.08. The van der Waals surface area contributed by atoms with E-state index in [1.54, 1.807) is 24.3 Å². The van der Waals surface area contributed by atoms with Crippen molar-refractivity contribution in [1.29, 1.82) is 0 Å². The molecule has 88 valence electrons. The van der Waals surface area contributed by atoms with Crippen molar-refractivity contribution in [3.8, 4) is 11.1 Å². The lowest BCUT2D eigenvalue weighted by molar-refractivity contribution is 0.631. The van der Waals surface area contributed by atoms with Crippen LogP contribution in [0.25, 0.3) is 11.1 Å². The number of hydrogen-bond donors (Lipinski definition) is 1. The maximum absolute atomic E-state index is 13.7. The van der Waals surface area contributed by atoms with Crippen LogP contribution in [0.15, 0.2) is 40.9 Å². The van der Waals surface area contributed by atoms with Gasteiger partial charge < -0.3 is 5.73 Å². The van der Waals surface area contributed by atoms with Crippen molar-refractivity contribution in [2.75, 3.05) is 0 Å². The Morgan fingerprint density at radius 1 is 1.12 bits per heavy atom. The summed E-state index contributed by atoms with van der Waals surface area (Å²) in [6, 6.07) is 10.2. The second-order valence-corrected chi connectivity index (χ2v) is 4.97. The van der Waals surface area contributed by atoms with Gasteiger partial charge in [-0.1, -0.05) is 39.7 Å². The molecule has 4 heteroatoms. The fourth-order valence-electron chi connectivity index (χ4n) is 1.61. The summed E-state index contributed by atoms with van der Waals surface area (Å²) in [5.41, 5.74) is 7.60. The lowest BCUT2D eigenvalue weighted by atomic mass is 10.0. The van der Waals surface area contributed by atoms with Crippen molar-refractivity contribution in [2.24, 2.45) is 5.73 Å². The molecule has 0 aliphatic carbocycles. The van der Waals surface area contributed by atoms with Crippen LogP contribution in [-0.2, 0) is 6.54 Å².